The lowest BCUT2D eigenvalue weighted by Crippen LogP contribution is -2.35. The highest BCUT2D eigenvalue weighted by Crippen LogP contribution is 2.47. The van der Waals surface area contributed by atoms with E-state index in [9.17, 15) is 10.1 Å². The van der Waals surface area contributed by atoms with Gasteiger partial charge in [0.05, 0.1) is 12.0 Å². The predicted octanol–water partition coefficient (Wildman–Crippen LogP) is 4.34. The molecule has 0 spiro atoms. The quantitative estimate of drug-likeness (QED) is 0.775. The lowest BCUT2D eigenvalue weighted by atomic mass is 9.67. The van der Waals surface area contributed by atoms with Crippen LogP contribution >= 0.6 is 0 Å². The van der Waals surface area contributed by atoms with Gasteiger partial charge in [0, 0.05) is 29.3 Å². The van der Waals surface area contributed by atoms with E-state index in [2.05, 4.69) is 24.9 Å². The summed E-state index contributed by atoms with van der Waals surface area (Å²) in [7, 11) is 0. The van der Waals surface area contributed by atoms with Crippen LogP contribution in [-0.4, -0.2) is 11.5 Å². The highest BCUT2D eigenvalue weighted by Gasteiger charge is 2.42. The molecule has 0 saturated carbocycles. The number of hydrogen-bond donors (Lipinski definition) is 0. The molecular weight excluding hydrogens is 284 g/mol. The van der Waals surface area contributed by atoms with Gasteiger partial charge in [0.2, 0.25) is 0 Å². The van der Waals surface area contributed by atoms with Crippen LogP contribution < -0.4 is 0 Å². The van der Waals surface area contributed by atoms with Crippen LogP contribution in [0.2, 0.25) is 0 Å². The van der Waals surface area contributed by atoms with Crippen molar-refractivity contribution in [1.82, 2.24) is 0 Å². The molecule has 118 valence electrons. The molecule has 3 rings (SSSR count). The molecule has 0 radical (unpaired) electrons. The number of aliphatic imine (C=N–C) groups is 1. The first-order chi connectivity index (χ1) is 10.8. The third-order valence-corrected chi connectivity index (χ3v) is 4.88. The Morgan fingerprint density at radius 3 is 2.43 bits per heavy atom. The Balaban J connectivity index is 2.17. The second kappa shape index (κ2) is 5.45. The van der Waals surface area contributed by atoms with Gasteiger partial charge in [0.25, 0.3) is 0 Å². The highest BCUT2D eigenvalue weighted by molar-refractivity contribution is 6.03. The van der Waals surface area contributed by atoms with Gasteiger partial charge in [-0.1, -0.05) is 43.7 Å². The van der Waals surface area contributed by atoms with E-state index in [4.69, 9.17) is 0 Å². The van der Waals surface area contributed by atoms with E-state index >= 15 is 0 Å². The van der Waals surface area contributed by atoms with Gasteiger partial charge in [-0.25, -0.2) is 0 Å². The summed E-state index contributed by atoms with van der Waals surface area (Å²) in [6, 6.07) is 10.5. The second-order valence-electron chi connectivity index (χ2n) is 7.55. The molecule has 0 saturated heterocycles. The maximum Gasteiger partial charge on any atom is 0.161 e. The van der Waals surface area contributed by atoms with Crippen LogP contribution in [0.3, 0.4) is 0 Å². The molecule has 1 aliphatic heterocycles. The molecule has 1 aliphatic carbocycles. The molecule has 1 aromatic carbocycles. The van der Waals surface area contributed by atoms with Crippen molar-refractivity contribution >= 4 is 11.5 Å². The van der Waals surface area contributed by atoms with Crippen molar-refractivity contribution in [1.29, 1.82) is 5.26 Å². The maximum atomic E-state index is 12.8. The SMILES string of the molecule is CC1=NC2=C(C(=O)CC(C)(C)C2)C(c2ccc(C)cc2)C1C#N. The van der Waals surface area contributed by atoms with Gasteiger partial charge in [0.15, 0.2) is 5.78 Å². The molecule has 1 aromatic rings. The van der Waals surface area contributed by atoms with Crippen LogP contribution in [-0.2, 0) is 4.79 Å². The van der Waals surface area contributed by atoms with E-state index < -0.39 is 0 Å². The first-order valence-corrected chi connectivity index (χ1v) is 8.10. The Labute approximate surface area is 137 Å². The van der Waals surface area contributed by atoms with E-state index in [1.54, 1.807) is 0 Å². The fraction of sp³-hybridized carbons (Fsp3) is 0.450. The van der Waals surface area contributed by atoms with Crippen LogP contribution in [0.1, 0.15) is 50.7 Å². The lowest BCUT2D eigenvalue weighted by Gasteiger charge is -2.37. The van der Waals surface area contributed by atoms with Gasteiger partial charge < -0.3 is 0 Å². The summed E-state index contributed by atoms with van der Waals surface area (Å²) < 4.78 is 0. The number of Topliss-reactive ketones (excluding diaryl/α,β-unsaturated/α-hetero) is 1. The minimum absolute atomic E-state index is 0.0585. The number of aryl methyl sites for hydroxylation is 1. The Morgan fingerprint density at radius 1 is 1.17 bits per heavy atom. The highest BCUT2D eigenvalue weighted by atomic mass is 16.1. The smallest absolute Gasteiger partial charge is 0.161 e. The zero-order valence-corrected chi connectivity index (χ0v) is 14.2. The van der Waals surface area contributed by atoms with Gasteiger partial charge in [-0.05, 0) is 31.2 Å². The van der Waals surface area contributed by atoms with Crippen molar-refractivity contribution in [3.05, 3.63) is 46.7 Å². The fourth-order valence-electron chi connectivity index (χ4n) is 3.75. The maximum absolute atomic E-state index is 12.8. The van der Waals surface area contributed by atoms with Gasteiger partial charge in [-0.3, -0.25) is 9.79 Å². The van der Waals surface area contributed by atoms with Crippen molar-refractivity contribution in [2.24, 2.45) is 16.3 Å². The number of ketones is 1. The van der Waals surface area contributed by atoms with Crippen LogP contribution in [0, 0.1) is 29.6 Å². The summed E-state index contributed by atoms with van der Waals surface area (Å²) in [5, 5.41) is 9.66. The summed E-state index contributed by atoms with van der Waals surface area (Å²) in [5.74, 6) is -0.392. The standard InChI is InChI=1S/C20H22N2O/c1-12-5-7-14(8-6-12)18-15(11-21)13(2)22-16-9-20(3,4)10-17(23)19(16)18/h5-8,15,18H,9-10H2,1-4H3. The number of nitriles is 1. The molecule has 3 heteroatoms. The zero-order valence-electron chi connectivity index (χ0n) is 14.2. The first kappa shape index (κ1) is 15.7. The topological polar surface area (TPSA) is 53.2 Å². The van der Waals surface area contributed by atoms with E-state index in [-0.39, 0.29) is 23.0 Å². The molecule has 1 heterocycles. The third kappa shape index (κ3) is 2.74. The van der Waals surface area contributed by atoms with E-state index in [0.29, 0.717) is 6.42 Å². The molecule has 0 N–H and O–H groups in total. The third-order valence-electron chi connectivity index (χ3n) is 4.88. The Bertz CT molecular complexity index is 760. The van der Waals surface area contributed by atoms with Gasteiger partial charge in [0.1, 0.15) is 0 Å². The normalized spacial score (nSPS) is 26.4. The monoisotopic (exact) mass is 306 g/mol. The van der Waals surface area contributed by atoms with Crippen LogP contribution in [0.4, 0.5) is 0 Å². The predicted molar refractivity (Wildman–Crippen MR) is 91.2 cm³/mol. The largest absolute Gasteiger partial charge is 0.294 e. The van der Waals surface area contributed by atoms with Crippen molar-refractivity contribution in [3.63, 3.8) is 0 Å². The molecule has 2 atom stereocenters. The van der Waals surface area contributed by atoms with Crippen LogP contribution in [0.5, 0.6) is 0 Å². The number of nitrogens with zero attached hydrogens (tertiary/aromatic N) is 2. The molecule has 2 aliphatic rings. The number of carbonyl (C=O) groups is 1. The molecule has 23 heavy (non-hydrogen) atoms. The van der Waals surface area contributed by atoms with Gasteiger partial charge in [-0.2, -0.15) is 5.26 Å². The summed E-state index contributed by atoms with van der Waals surface area (Å²) in [5.41, 5.74) is 4.64. The number of allylic oxidation sites excluding steroid dienone is 2. The average Bonchev–Trinajstić information content (AvgIpc) is 2.45. The molecule has 2 unspecified atom stereocenters. The second-order valence-corrected chi connectivity index (χ2v) is 7.55. The molecule has 3 nitrogen and oxygen atoms in total. The first-order valence-electron chi connectivity index (χ1n) is 8.10. The Hall–Kier alpha value is -2.21. The van der Waals surface area contributed by atoms with Gasteiger partial charge in [-0.15, -0.1) is 0 Å². The molecule has 0 fully saturated rings. The summed E-state index contributed by atoms with van der Waals surface area (Å²) in [6.07, 6.45) is 1.33. The average molecular weight is 306 g/mol. The number of carbonyl (C=O) groups excluding carboxylic acids is 1. The molecular formula is C20H22N2O. The minimum atomic E-state index is -0.360. The van der Waals surface area contributed by atoms with Crippen LogP contribution in [0.25, 0.3) is 0 Å². The zero-order chi connectivity index (χ0) is 16.8. The van der Waals surface area contributed by atoms with Crippen molar-refractivity contribution in [2.45, 2.75) is 46.5 Å². The van der Waals surface area contributed by atoms with Crippen molar-refractivity contribution < 1.29 is 4.79 Å². The number of rotatable bonds is 1. The molecule has 0 bridgehead atoms. The Morgan fingerprint density at radius 2 is 1.83 bits per heavy atom. The van der Waals surface area contributed by atoms with E-state index in [1.165, 1.54) is 5.56 Å². The summed E-state index contributed by atoms with van der Waals surface area (Å²) in [4.78, 5) is 17.5. The fourth-order valence-corrected chi connectivity index (χ4v) is 3.75. The molecule has 0 aromatic heterocycles. The lowest BCUT2D eigenvalue weighted by molar-refractivity contribution is -0.118. The summed E-state index contributed by atoms with van der Waals surface area (Å²) >= 11 is 0. The molecule has 0 amide bonds. The van der Waals surface area contributed by atoms with Gasteiger partial charge >= 0.3 is 0 Å². The Kier molecular flexibility index (Phi) is 3.72. The van der Waals surface area contributed by atoms with Crippen molar-refractivity contribution in [2.75, 3.05) is 0 Å². The summed E-state index contributed by atoms with van der Waals surface area (Å²) in [6.45, 7) is 8.16. The van der Waals surface area contributed by atoms with E-state index in [1.807, 2.05) is 38.1 Å². The minimum Gasteiger partial charge on any atom is -0.294 e. The number of benzene rings is 1. The van der Waals surface area contributed by atoms with E-state index in [0.717, 1.165) is 29.0 Å². The van der Waals surface area contributed by atoms with Crippen molar-refractivity contribution in [3.8, 4) is 6.07 Å². The number of hydrogen-bond acceptors (Lipinski definition) is 3. The van der Waals surface area contributed by atoms with Crippen LogP contribution in [0.15, 0.2) is 40.5 Å².